The first-order valence-electron chi connectivity index (χ1n) is 8.48. The molecule has 0 aromatic carbocycles. The summed E-state index contributed by atoms with van der Waals surface area (Å²) in [6, 6.07) is 0.718. The molecule has 1 N–H and O–H groups in total. The van der Waals surface area contributed by atoms with Crippen LogP contribution in [0.15, 0.2) is 6.20 Å². The van der Waals surface area contributed by atoms with Crippen molar-refractivity contribution in [1.29, 1.82) is 0 Å². The Morgan fingerprint density at radius 3 is 2.57 bits per heavy atom. The van der Waals surface area contributed by atoms with E-state index < -0.39 is 0 Å². The number of hydrogen-bond acceptors (Lipinski definition) is 4. The summed E-state index contributed by atoms with van der Waals surface area (Å²) in [4.78, 5) is 8.65. The van der Waals surface area contributed by atoms with E-state index in [9.17, 15) is 0 Å². The van der Waals surface area contributed by atoms with Gasteiger partial charge in [0.2, 0.25) is 0 Å². The SMILES string of the molecule is CC(C)CNCc1cnc(N(CC(C)C)C2CCCC2)s1. The van der Waals surface area contributed by atoms with Crippen LogP contribution in [0.25, 0.3) is 0 Å². The Balaban J connectivity index is 1.97. The Morgan fingerprint density at radius 1 is 1.24 bits per heavy atom. The molecule has 1 aliphatic carbocycles. The van der Waals surface area contributed by atoms with Crippen LogP contribution >= 0.6 is 11.3 Å². The molecule has 2 rings (SSSR count). The van der Waals surface area contributed by atoms with Gasteiger partial charge >= 0.3 is 0 Å². The second-order valence-electron chi connectivity index (χ2n) is 7.12. The van der Waals surface area contributed by atoms with Crippen molar-refractivity contribution >= 4 is 16.5 Å². The van der Waals surface area contributed by atoms with Gasteiger partial charge in [0.05, 0.1) is 0 Å². The maximum absolute atomic E-state index is 4.72. The summed E-state index contributed by atoms with van der Waals surface area (Å²) >= 11 is 1.87. The molecule has 3 nitrogen and oxygen atoms in total. The first kappa shape index (κ1) is 16.8. The van der Waals surface area contributed by atoms with Crippen LogP contribution in [0.2, 0.25) is 0 Å². The predicted molar refractivity (Wildman–Crippen MR) is 93.1 cm³/mol. The van der Waals surface area contributed by atoms with Gasteiger partial charge in [-0.15, -0.1) is 11.3 Å². The Bertz CT molecular complexity index is 408. The molecule has 0 bridgehead atoms. The molecule has 1 fully saturated rings. The van der Waals surface area contributed by atoms with Crippen LogP contribution in [0, 0.1) is 11.8 Å². The van der Waals surface area contributed by atoms with Crippen LogP contribution in [0.3, 0.4) is 0 Å². The average Bonchev–Trinajstić information content (AvgIpc) is 3.07. The van der Waals surface area contributed by atoms with E-state index in [0.29, 0.717) is 11.8 Å². The topological polar surface area (TPSA) is 28.2 Å². The van der Waals surface area contributed by atoms with Crippen LogP contribution in [0.4, 0.5) is 5.13 Å². The highest BCUT2D eigenvalue weighted by Crippen LogP contribution is 2.31. The van der Waals surface area contributed by atoms with E-state index in [0.717, 1.165) is 25.7 Å². The highest BCUT2D eigenvalue weighted by atomic mass is 32.1. The highest BCUT2D eigenvalue weighted by molar-refractivity contribution is 7.15. The predicted octanol–water partition coefficient (Wildman–Crippen LogP) is 4.29. The van der Waals surface area contributed by atoms with Gasteiger partial charge in [0.15, 0.2) is 5.13 Å². The Labute approximate surface area is 134 Å². The van der Waals surface area contributed by atoms with Crippen molar-refractivity contribution in [1.82, 2.24) is 10.3 Å². The summed E-state index contributed by atoms with van der Waals surface area (Å²) in [5.74, 6) is 1.39. The van der Waals surface area contributed by atoms with Crippen molar-refractivity contribution in [3.63, 3.8) is 0 Å². The van der Waals surface area contributed by atoms with Crippen LogP contribution in [0.1, 0.15) is 58.3 Å². The van der Waals surface area contributed by atoms with E-state index in [1.807, 2.05) is 11.3 Å². The molecule has 1 aliphatic rings. The minimum Gasteiger partial charge on any atom is -0.345 e. The molecule has 0 amide bonds. The zero-order valence-corrected chi connectivity index (χ0v) is 14.9. The zero-order chi connectivity index (χ0) is 15.2. The number of nitrogens with one attached hydrogen (secondary N) is 1. The van der Waals surface area contributed by atoms with Crippen LogP contribution < -0.4 is 10.2 Å². The highest BCUT2D eigenvalue weighted by Gasteiger charge is 2.25. The lowest BCUT2D eigenvalue weighted by molar-refractivity contribution is 0.535. The van der Waals surface area contributed by atoms with Gasteiger partial charge in [0.25, 0.3) is 0 Å². The minimum absolute atomic E-state index is 0.692. The molecule has 0 atom stereocenters. The van der Waals surface area contributed by atoms with Gasteiger partial charge in [-0.25, -0.2) is 4.98 Å². The van der Waals surface area contributed by atoms with Crippen LogP contribution in [-0.2, 0) is 6.54 Å². The van der Waals surface area contributed by atoms with Crippen molar-refractivity contribution in [2.24, 2.45) is 11.8 Å². The lowest BCUT2D eigenvalue weighted by atomic mass is 10.1. The fourth-order valence-corrected chi connectivity index (χ4v) is 3.95. The van der Waals surface area contributed by atoms with E-state index in [4.69, 9.17) is 4.98 Å². The first-order chi connectivity index (χ1) is 10.1. The zero-order valence-electron chi connectivity index (χ0n) is 14.1. The molecular weight excluding hydrogens is 278 g/mol. The third-order valence-electron chi connectivity index (χ3n) is 3.97. The van der Waals surface area contributed by atoms with Crippen molar-refractivity contribution in [3.8, 4) is 0 Å². The minimum atomic E-state index is 0.692. The molecule has 0 saturated heterocycles. The van der Waals surface area contributed by atoms with Gasteiger partial charge < -0.3 is 10.2 Å². The molecule has 1 aromatic heterocycles. The largest absolute Gasteiger partial charge is 0.345 e. The molecule has 1 heterocycles. The number of anilines is 1. The normalized spacial score (nSPS) is 16.3. The summed E-state index contributed by atoms with van der Waals surface area (Å²) in [6.45, 7) is 12.3. The molecule has 1 saturated carbocycles. The van der Waals surface area contributed by atoms with Crippen LogP contribution in [0.5, 0.6) is 0 Å². The first-order valence-corrected chi connectivity index (χ1v) is 9.30. The number of rotatable bonds is 8. The smallest absolute Gasteiger partial charge is 0.185 e. The molecule has 0 aliphatic heterocycles. The lowest BCUT2D eigenvalue weighted by Gasteiger charge is -2.30. The molecular formula is C17H31N3S. The van der Waals surface area contributed by atoms with Crippen molar-refractivity contribution in [2.75, 3.05) is 18.0 Å². The van der Waals surface area contributed by atoms with Gasteiger partial charge in [0, 0.05) is 30.2 Å². The van der Waals surface area contributed by atoms with Crippen molar-refractivity contribution in [2.45, 2.75) is 66.0 Å². The second kappa shape index (κ2) is 8.14. The van der Waals surface area contributed by atoms with E-state index in [1.54, 1.807) is 0 Å². The van der Waals surface area contributed by atoms with Crippen molar-refractivity contribution < 1.29 is 0 Å². The molecule has 4 heteroatoms. The van der Waals surface area contributed by atoms with Crippen molar-refractivity contribution in [3.05, 3.63) is 11.1 Å². The number of thiazole rings is 1. The molecule has 0 radical (unpaired) electrons. The number of hydrogen-bond donors (Lipinski definition) is 1. The Morgan fingerprint density at radius 2 is 1.95 bits per heavy atom. The van der Waals surface area contributed by atoms with E-state index >= 15 is 0 Å². The van der Waals surface area contributed by atoms with Gasteiger partial charge in [-0.05, 0) is 31.2 Å². The van der Waals surface area contributed by atoms with Gasteiger partial charge in [0.1, 0.15) is 0 Å². The van der Waals surface area contributed by atoms with Gasteiger partial charge in [-0.2, -0.15) is 0 Å². The summed E-state index contributed by atoms with van der Waals surface area (Å²) in [6.07, 6.45) is 7.51. The summed E-state index contributed by atoms with van der Waals surface area (Å²) in [5.41, 5.74) is 0. The number of aromatic nitrogens is 1. The lowest BCUT2D eigenvalue weighted by Crippen LogP contribution is -2.36. The molecule has 0 spiro atoms. The fourth-order valence-electron chi connectivity index (χ4n) is 2.99. The quantitative estimate of drug-likeness (QED) is 0.776. The standard InChI is InChI=1S/C17H31N3S/c1-13(2)9-18-10-16-11-19-17(21-16)20(12-14(3)4)15-7-5-6-8-15/h11,13-15,18H,5-10,12H2,1-4H3. The van der Waals surface area contributed by atoms with Crippen LogP contribution in [-0.4, -0.2) is 24.1 Å². The van der Waals surface area contributed by atoms with Gasteiger partial charge in [-0.3, -0.25) is 0 Å². The van der Waals surface area contributed by atoms with E-state index in [2.05, 4.69) is 44.1 Å². The fraction of sp³-hybridized carbons (Fsp3) is 0.824. The average molecular weight is 310 g/mol. The Kier molecular flexibility index (Phi) is 6.49. The summed E-state index contributed by atoms with van der Waals surface area (Å²) < 4.78 is 0. The monoisotopic (exact) mass is 309 g/mol. The van der Waals surface area contributed by atoms with E-state index in [-0.39, 0.29) is 0 Å². The molecule has 1 aromatic rings. The third-order valence-corrected chi connectivity index (χ3v) is 5.00. The maximum atomic E-state index is 4.72. The van der Waals surface area contributed by atoms with Gasteiger partial charge in [-0.1, -0.05) is 40.5 Å². The second-order valence-corrected chi connectivity index (χ2v) is 8.21. The molecule has 21 heavy (non-hydrogen) atoms. The third kappa shape index (κ3) is 5.26. The maximum Gasteiger partial charge on any atom is 0.185 e. The number of nitrogens with zero attached hydrogens (tertiary/aromatic N) is 2. The summed E-state index contributed by atoms with van der Waals surface area (Å²) in [7, 11) is 0. The Hall–Kier alpha value is -0.610. The summed E-state index contributed by atoms with van der Waals surface area (Å²) in [5, 5.41) is 4.75. The molecule has 120 valence electrons. The van der Waals surface area contributed by atoms with E-state index in [1.165, 1.54) is 35.7 Å². The molecule has 0 unspecified atom stereocenters.